The first-order valence-electron chi connectivity index (χ1n) is 2.85. The van der Waals surface area contributed by atoms with Crippen LogP contribution in [0.3, 0.4) is 0 Å². The summed E-state index contributed by atoms with van der Waals surface area (Å²) in [6.45, 7) is 2.01. The molecule has 0 spiro atoms. The minimum Gasteiger partial charge on any atom is -0.400 e. The maximum atomic E-state index is 7.00. The maximum Gasteiger partial charge on any atom is 0.156 e. The van der Waals surface area contributed by atoms with Crippen LogP contribution in [0.2, 0.25) is 0 Å². The van der Waals surface area contributed by atoms with E-state index < -0.39 is 0 Å². The molecule has 1 N–H and O–H groups in total. The van der Waals surface area contributed by atoms with Gasteiger partial charge in [-0.15, -0.1) is 0 Å². The molecule has 3 heteroatoms. The first kappa shape index (κ1) is 11.6. The van der Waals surface area contributed by atoms with Crippen molar-refractivity contribution in [1.82, 2.24) is 0 Å². The van der Waals surface area contributed by atoms with Gasteiger partial charge < -0.3 is 14.6 Å². The predicted octanol–water partition coefficient (Wildman–Crippen LogP) is 0.624. The van der Waals surface area contributed by atoms with Crippen LogP contribution < -0.4 is 0 Å². The fourth-order valence-corrected chi connectivity index (χ4v) is 0.430. The number of rotatable bonds is 3. The highest BCUT2D eigenvalue weighted by Crippen LogP contribution is 1.93. The van der Waals surface area contributed by atoms with Gasteiger partial charge in [-0.1, -0.05) is 6.92 Å². The van der Waals surface area contributed by atoms with Crippen molar-refractivity contribution in [3.63, 3.8) is 0 Å². The summed E-state index contributed by atoms with van der Waals surface area (Å²) in [5, 5.41) is 7.00. The van der Waals surface area contributed by atoms with E-state index in [9.17, 15) is 0 Å². The summed E-state index contributed by atoms with van der Waals surface area (Å²) in [5.74, 6) is 0. The fraction of sp³-hybridized carbons (Fsp3) is 1.00. The van der Waals surface area contributed by atoms with Gasteiger partial charge in [0.1, 0.15) is 0 Å². The van der Waals surface area contributed by atoms with E-state index >= 15 is 0 Å². The third-order valence-corrected chi connectivity index (χ3v) is 0.859. The second-order valence-corrected chi connectivity index (χ2v) is 1.31. The summed E-state index contributed by atoms with van der Waals surface area (Å²) in [4.78, 5) is 0. The molecule has 0 aromatic carbocycles. The summed E-state index contributed by atoms with van der Waals surface area (Å²) in [5.41, 5.74) is 0. The molecule has 0 amide bonds. The highest BCUT2D eigenvalue weighted by atomic mass is 16.7. The lowest BCUT2D eigenvalue weighted by atomic mass is 10.5. The number of hydrogen-bond acceptors (Lipinski definition) is 3. The molecule has 0 saturated carbocycles. The summed E-state index contributed by atoms with van der Waals surface area (Å²) in [6.07, 6.45) is 0.896. The van der Waals surface area contributed by atoms with Crippen LogP contribution in [0.4, 0.5) is 0 Å². The topological polar surface area (TPSA) is 38.7 Å². The van der Waals surface area contributed by atoms with Crippen LogP contribution >= 0.6 is 0 Å². The van der Waals surface area contributed by atoms with E-state index in [0.29, 0.717) is 0 Å². The summed E-state index contributed by atoms with van der Waals surface area (Å²) >= 11 is 0. The Hall–Kier alpha value is -0.120. The Bertz CT molecular complexity index is 29.8. The van der Waals surface area contributed by atoms with Gasteiger partial charge in [0, 0.05) is 21.3 Å². The van der Waals surface area contributed by atoms with Crippen molar-refractivity contribution in [2.24, 2.45) is 0 Å². The van der Waals surface area contributed by atoms with Crippen molar-refractivity contribution in [2.45, 2.75) is 19.6 Å². The zero-order valence-corrected chi connectivity index (χ0v) is 6.55. The van der Waals surface area contributed by atoms with Gasteiger partial charge in [-0.3, -0.25) is 0 Å². The van der Waals surface area contributed by atoms with Crippen LogP contribution in [-0.2, 0) is 9.47 Å². The largest absolute Gasteiger partial charge is 0.400 e. The van der Waals surface area contributed by atoms with E-state index in [0.717, 1.165) is 13.5 Å². The van der Waals surface area contributed by atoms with E-state index in [2.05, 4.69) is 0 Å². The molecule has 9 heavy (non-hydrogen) atoms. The molecule has 0 heterocycles. The molecule has 58 valence electrons. The van der Waals surface area contributed by atoms with Crippen molar-refractivity contribution in [3.05, 3.63) is 0 Å². The molecular weight excluding hydrogens is 120 g/mol. The number of methoxy groups -OCH3 is 2. The molecule has 0 saturated heterocycles. The molecular formula is C6H16O3. The third kappa shape index (κ3) is 7.88. The molecule has 0 aliphatic rings. The Morgan fingerprint density at radius 2 is 1.56 bits per heavy atom. The molecule has 0 aliphatic heterocycles. The molecule has 0 aliphatic carbocycles. The third-order valence-electron chi connectivity index (χ3n) is 0.859. The second-order valence-electron chi connectivity index (χ2n) is 1.31. The zero-order chi connectivity index (χ0) is 7.70. The van der Waals surface area contributed by atoms with Crippen LogP contribution in [0.1, 0.15) is 13.3 Å². The minimum atomic E-state index is -0.0139. The average molecular weight is 136 g/mol. The van der Waals surface area contributed by atoms with Crippen LogP contribution in [0, 0.1) is 0 Å². The van der Waals surface area contributed by atoms with Crippen LogP contribution in [0.5, 0.6) is 0 Å². The van der Waals surface area contributed by atoms with Gasteiger partial charge in [0.15, 0.2) is 6.29 Å². The lowest BCUT2D eigenvalue weighted by Crippen LogP contribution is -2.10. The predicted molar refractivity (Wildman–Crippen MR) is 36.2 cm³/mol. The number of aliphatic hydroxyl groups is 1. The van der Waals surface area contributed by atoms with Crippen molar-refractivity contribution in [2.75, 3.05) is 21.3 Å². The molecule has 3 nitrogen and oxygen atoms in total. The normalized spacial score (nSPS) is 8.67. The molecule has 0 fully saturated rings. The Kier molecular flexibility index (Phi) is 14.0. The highest BCUT2D eigenvalue weighted by molar-refractivity contribution is 4.31. The van der Waals surface area contributed by atoms with E-state index in [4.69, 9.17) is 14.6 Å². The van der Waals surface area contributed by atoms with E-state index in [-0.39, 0.29) is 6.29 Å². The van der Waals surface area contributed by atoms with Gasteiger partial charge in [-0.25, -0.2) is 0 Å². The average Bonchev–Trinajstić information content (AvgIpc) is 1.96. The number of aliphatic hydroxyl groups excluding tert-OH is 1. The van der Waals surface area contributed by atoms with Crippen molar-refractivity contribution < 1.29 is 14.6 Å². The highest BCUT2D eigenvalue weighted by Gasteiger charge is 1.96. The first-order chi connectivity index (χ1) is 4.35. The smallest absolute Gasteiger partial charge is 0.156 e. The van der Waals surface area contributed by atoms with Crippen molar-refractivity contribution in [1.29, 1.82) is 0 Å². The monoisotopic (exact) mass is 136 g/mol. The van der Waals surface area contributed by atoms with Gasteiger partial charge in [0.05, 0.1) is 0 Å². The molecule has 0 bridgehead atoms. The fourth-order valence-electron chi connectivity index (χ4n) is 0.430. The quantitative estimate of drug-likeness (QED) is 0.578. The van der Waals surface area contributed by atoms with Crippen LogP contribution in [0.25, 0.3) is 0 Å². The minimum absolute atomic E-state index is 0.0139. The zero-order valence-electron chi connectivity index (χ0n) is 6.55. The van der Waals surface area contributed by atoms with Gasteiger partial charge in [-0.05, 0) is 6.42 Å². The van der Waals surface area contributed by atoms with Crippen molar-refractivity contribution >= 4 is 0 Å². The standard InChI is InChI=1S/C5H12O2.CH4O/c1-4-5(6-2)7-3;1-2/h5H,4H2,1-3H3;2H,1H3. The lowest BCUT2D eigenvalue weighted by molar-refractivity contribution is -0.103. The maximum absolute atomic E-state index is 7.00. The van der Waals surface area contributed by atoms with Crippen LogP contribution in [0.15, 0.2) is 0 Å². The van der Waals surface area contributed by atoms with Crippen molar-refractivity contribution in [3.8, 4) is 0 Å². The molecule has 0 atom stereocenters. The Balaban J connectivity index is 0. The summed E-state index contributed by atoms with van der Waals surface area (Å²) in [6, 6.07) is 0. The van der Waals surface area contributed by atoms with Gasteiger partial charge in [0.2, 0.25) is 0 Å². The molecule has 0 radical (unpaired) electrons. The molecule has 0 aromatic rings. The van der Waals surface area contributed by atoms with Gasteiger partial charge in [-0.2, -0.15) is 0 Å². The van der Waals surface area contributed by atoms with E-state index in [1.807, 2.05) is 6.92 Å². The Labute approximate surface area is 56.6 Å². The molecule has 0 rings (SSSR count). The van der Waals surface area contributed by atoms with E-state index in [1.54, 1.807) is 14.2 Å². The van der Waals surface area contributed by atoms with Crippen LogP contribution in [-0.4, -0.2) is 32.7 Å². The Morgan fingerprint density at radius 3 is 1.56 bits per heavy atom. The SMILES string of the molecule is CCC(OC)OC.CO. The Morgan fingerprint density at radius 1 is 1.22 bits per heavy atom. The van der Waals surface area contributed by atoms with Gasteiger partial charge in [0.25, 0.3) is 0 Å². The second kappa shape index (κ2) is 10.8. The molecule has 0 aromatic heterocycles. The van der Waals surface area contributed by atoms with Gasteiger partial charge >= 0.3 is 0 Å². The lowest BCUT2D eigenvalue weighted by Gasteiger charge is -2.08. The first-order valence-corrected chi connectivity index (χ1v) is 2.85. The number of ether oxygens (including phenoxy) is 2. The van der Waals surface area contributed by atoms with E-state index in [1.165, 1.54) is 0 Å². The summed E-state index contributed by atoms with van der Waals surface area (Å²) < 4.78 is 9.65. The molecule has 0 unspecified atom stereocenters. The number of hydrogen-bond donors (Lipinski definition) is 1. The summed E-state index contributed by atoms with van der Waals surface area (Å²) in [7, 11) is 4.27.